The van der Waals surface area contributed by atoms with Crippen molar-refractivity contribution in [3.63, 3.8) is 0 Å². The van der Waals surface area contributed by atoms with Gasteiger partial charge < -0.3 is 15.4 Å². The molecule has 1 atom stereocenters. The molecule has 1 saturated carbocycles. The van der Waals surface area contributed by atoms with Crippen LogP contribution in [0.3, 0.4) is 0 Å². The van der Waals surface area contributed by atoms with E-state index >= 15 is 0 Å². The van der Waals surface area contributed by atoms with Gasteiger partial charge in [-0.05, 0) is 44.9 Å². The Morgan fingerprint density at radius 1 is 1.33 bits per heavy atom. The molecule has 4 nitrogen and oxygen atoms in total. The molecule has 1 aliphatic carbocycles. The lowest BCUT2D eigenvalue weighted by Crippen LogP contribution is -2.46. The summed E-state index contributed by atoms with van der Waals surface area (Å²) in [4.78, 5) is 4.72. The molecule has 24 heavy (non-hydrogen) atoms. The zero-order chi connectivity index (χ0) is 16.8. The van der Waals surface area contributed by atoms with Crippen LogP contribution in [0, 0.1) is 0 Å². The first-order valence-corrected chi connectivity index (χ1v) is 10.5. The maximum atomic E-state index is 6.45. The van der Waals surface area contributed by atoms with Crippen LogP contribution in [-0.4, -0.2) is 36.7 Å². The second-order valence-corrected chi connectivity index (χ2v) is 7.67. The zero-order valence-electron chi connectivity index (χ0n) is 14.8. The Bertz CT molecular complexity index is 569. The summed E-state index contributed by atoms with van der Waals surface area (Å²) in [6.07, 6.45) is 8.03. The maximum absolute atomic E-state index is 6.45. The molecule has 0 radical (unpaired) electrons. The molecular weight excluding hydrogens is 318 g/mol. The summed E-state index contributed by atoms with van der Waals surface area (Å²) in [6.45, 7) is 3.83. The lowest BCUT2D eigenvalue weighted by molar-refractivity contribution is 0.0396. The zero-order valence-corrected chi connectivity index (χ0v) is 15.6. The van der Waals surface area contributed by atoms with Crippen molar-refractivity contribution in [2.75, 3.05) is 25.1 Å². The fraction of sp³-hybridized carbons (Fsp3) is 0.632. The SMILES string of the molecule is CCNC(=NCCSC)NC1CC2(CCCC2)Oc2ccccc21. The van der Waals surface area contributed by atoms with E-state index in [0.29, 0.717) is 0 Å². The molecule has 0 bridgehead atoms. The number of hydrogen-bond acceptors (Lipinski definition) is 3. The predicted octanol–water partition coefficient (Wildman–Crippen LogP) is 3.74. The third-order valence-electron chi connectivity index (χ3n) is 4.93. The molecule has 0 aromatic heterocycles. The van der Waals surface area contributed by atoms with Crippen molar-refractivity contribution in [3.05, 3.63) is 29.8 Å². The van der Waals surface area contributed by atoms with Crippen molar-refractivity contribution in [3.8, 4) is 5.75 Å². The van der Waals surface area contributed by atoms with Crippen molar-refractivity contribution in [1.82, 2.24) is 10.6 Å². The number of thioether (sulfide) groups is 1. The Morgan fingerprint density at radius 2 is 2.12 bits per heavy atom. The second kappa shape index (κ2) is 8.15. The van der Waals surface area contributed by atoms with E-state index in [0.717, 1.165) is 37.0 Å². The molecule has 1 unspecified atom stereocenters. The fourth-order valence-corrected chi connectivity index (χ4v) is 4.08. The number of benzene rings is 1. The lowest BCUT2D eigenvalue weighted by atomic mass is 9.86. The van der Waals surface area contributed by atoms with Gasteiger partial charge in [-0.1, -0.05) is 18.2 Å². The van der Waals surface area contributed by atoms with Gasteiger partial charge in [0.2, 0.25) is 0 Å². The topological polar surface area (TPSA) is 45.7 Å². The number of nitrogens with zero attached hydrogens (tertiary/aromatic N) is 1. The van der Waals surface area contributed by atoms with Crippen LogP contribution in [0.15, 0.2) is 29.3 Å². The van der Waals surface area contributed by atoms with E-state index < -0.39 is 0 Å². The number of rotatable bonds is 5. The van der Waals surface area contributed by atoms with Gasteiger partial charge >= 0.3 is 0 Å². The van der Waals surface area contributed by atoms with Gasteiger partial charge in [0.15, 0.2) is 5.96 Å². The van der Waals surface area contributed by atoms with Crippen LogP contribution in [0.5, 0.6) is 5.75 Å². The number of nitrogens with one attached hydrogen (secondary N) is 2. The van der Waals surface area contributed by atoms with Crippen LogP contribution in [0.25, 0.3) is 0 Å². The molecule has 1 aromatic carbocycles. The van der Waals surface area contributed by atoms with Crippen LogP contribution < -0.4 is 15.4 Å². The minimum atomic E-state index is 0.0165. The van der Waals surface area contributed by atoms with Crippen LogP contribution in [0.4, 0.5) is 0 Å². The molecule has 2 N–H and O–H groups in total. The van der Waals surface area contributed by atoms with Crippen molar-refractivity contribution < 1.29 is 4.74 Å². The first-order chi connectivity index (χ1) is 11.8. The third-order valence-corrected chi connectivity index (χ3v) is 5.52. The summed E-state index contributed by atoms with van der Waals surface area (Å²) >= 11 is 1.83. The monoisotopic (exact) mass is 347 g/mol. The second-order valence-electron chi connectivity index (χ2n) is 6.68. The molecule has 1 aromatic rings. The molecule has 1 spiro atoms. The Morgan fingerprint density at radius 3 is 2.88 bits per heavy atom. The number of hydrogen-bond donors (Lipinski definition) is 2. The van der Waals surface area contributed by atoms with Gasteiger partial charge in [-0.2, -0.15) is 11.8 Å². The van der Waals surface area contributed by atoms with E-state index in [1.807, 2.05) is 11.8 Å². The maximum Gasteiger partial charge on any atom is 0.191 e. The number of aliphatic imine (C=N–C) groups is 1. The van der Waals surface area contributed by atoms with Gasteiger partial charge in [0, 0.05) is 24.3 Å². The number of guanidine groups is 1. The van der Waals surface area contributed by atoms with E-state index in [1.165, 1.54) is 31.2 Å². The van der Waals surface area contributed by atoms with Crippen molar-refractivity contribution in [1.29, 1.82) is 0 Å². The molecule has 0 saturated heterocycles. The van der Waals surface area contributed by atoms with Crippen molar-refractivity contribution in [2.24, 2.45) is 4.99 Å². The van der Waals surface area contributed by atoms with E-state index in [9.17, 15) is 0 Å². The Balaban J connectivity index is 1.80. The molecule has 132 valence electrons. The standard InChI is InChI=1S/C19H29N3OS/c1-3-20-18(21-12-13-24-2)22-16-14-19(10-6-7-11-19)23-17-9-5-4-8-15(16)17/h4-5,8-9,16H,3,6-7,10-14H2,1-2H3,(H2,20,21,22). The Kier molecular flexibility index (Phi) is 5.93. The van der Waals surface area contributed by atoms with Gasteiger partial charge in [0.25, 0.3) is 0 Å². The van der Waals surface area contributed by atoms with E-state index in [2.05, 4.69) is 48.1 Å². The summed E-state index contributed by atoms with van der Waals surface area (Å²) in [6, 6.07) is 8.73. The largest absolute Gasteiger partial charge is 0.487 e. The summed E-state index contributed by atoms with van der Waals surface area (Å²) in [5, 5.41) is 7.06. The van der Waals surface area contributed by atoms with Crippen LogP contribution in [0.2, 0.25) is 0 Å². The quantitative estimate of drug-likeness (QED) is 0.484. The highest BCUT2D eigenvalue weighted by Gasteiger charge is 2.43. The van der Waals surface area contributed by atoms with Crippen LogP contribution >= 0.6 is 11.8 Å². The molecular formula is C19H29N3OS. The van der Waals surface area contributed by atoms with Gasteiger partial charge in [-0.3, -0.25) is 4.99 Å². The predicted molar refractivity (Wildman–Crippen MR) is 103 cm³/mol. The minimum Gasteiger partial charge on any atom is -0.487 e. The number of fused-ring (bicyclic) bond motifs is 1. The van der Waals surface area contributed by atoms with Gasteiger partial charge in [0.05, 0.1) is 12.6 Å². The normalized spacial score (nSPS) is 22.1. The van der Waals surface area contributed by atoms with Gasteiger partial charge in [-0.25, -0.2) is 0 Å². The van der Waals surface area contributed by atoms with Crippen LogP contribution in [0.1, 0.15) is 50.6 Å². The average Bonchev–Trinajstić information content (AvgIpc) is 3.02. The Labute approximate surface area is 149 Å². The number of para-hydroxylation sites is 1. The molecule has 1 aliphatic heterocycles. The molecule has 0 amide bonds. The molecule has 2 aliphatic rings. The summed E-state index contributed by atoms with van der Waals surface area (Å²) in [5.41, 5.74) is 1.27. The first kappa shape index (κ1) is 17.5. The van der Waals surface area contributed by atoms with Gasteiger partial charge in [-0.15, -0.1) is 0 Å². The minimum absolute atomic E-state index is 0.0165. The van der Waals surface area contributed by atoms with E-state index in [1.54, 1.807) is 0 Å². The van der Waals surface area contributed by atoms with E-state index in [-0.39, 0.29) is 11.6 Å². The van der Waals surface area contributed by atoms with E-state index in [4.69, 9.17) is 9.73 Å². The molecule has 1 heterocycles. The highest BCUT2D eigenvalue weighted by molar-refractivity contribution is 7.98. The van der Waals surface area contributed by atoms with Crippen molar-refractivity contribution in [2.45, 2.75) is 50.7 Å². The van der Waals surface area contributed by atoms with Crippen molar-refractivity contribution >= 4 is 17.7 Å². The molecule has 3 rings (SSSR count). The fourth-order valence-electron chi connectivity index (χ4n) is 3.81. The first-order valence-electron chi connectivity index (χ1n) is 9.08. The average molecular weight is 348 g/mol. The van der Waals surface area contributed by atoms with Gasteiger partial charge in [0.1, 0.15) is 11.4 Å². The molecule has 1 fully saturated rings. The van der Waals surface area contributed by atoms with Crippen LogP contribution in [-0.2, 0) is 0 Å². The Hall–Kier alpha value is -1.36. The summed E-state index contributed by atoms with van der Waals surface area (Å²) < 4.78 is 6.45. The summed E-state index contributed by atoms with van der Waals surface area (Å²) in [5.74, 6) is 3.01. The smallest absolute Gasteiger partial charge is 0.191 e. The highest BCUT2D eigenvalue weighted by Crippen LogP contribution is 2.46. The highest BCUT2D eigenvalue weighted by atomic mass is 32.2. The number of ether oxygens (including phenoxy) is 1. The third kappa shape index (κ3) is 4.00. The summed E-state index contributed by atoms with van der Waals surface area (Å²) in [7, 11) is 0. The molecule has 5 heteroatoms. The lowest BCUT2D eigenvalue weighted by Gasteiger charge is -2.40.